The van der Waals surface area contributed by atoms with Gasteiger partial charge in [0.1, 0.15) is 5.69 Å². The van der Waals surface area contributed by atoms with Crippen molar-refractivity contribution in [3.8, 4) is 11.3 Å². The number of hydrogen-bond donors (Lipinski definition) is 0. The highest BCUT2D eigenvalue weighted by Crippen LogP contribution is 2.15. The number of fused-ring (bicyclic) bond motifs is 1. The first-order valence-corrected chi connectivity index (χ1v) is 7.03. The Morgan fingerprint density at radius 3 is 2.24 bits per heavy atom. The van der Waals surface area contributed by atoms with Gasteiger partial charge in [0.2, 0.25) is 6.20 Å². The predicted molar refractivity (Wildman–Crippen MR) is 59.8 cm³/mol. The van der Waals surface area contributed by atoms with Crippen LogP contribution < -0.4 is 23.2 Å². The predicted octanol–water partition coefficient (Wildman–Crippen LogP) is -2.37. The first-order valence-electron chi connectivity index (χ1n) is 5.79. The summed E-state index contributed by atoms with van der Waals surface area (Å²) in [5.74, 6) is 0.859. The van der Waals surface area contributed by atoms with Crippen LogP contribution in [0.2, 0.25) is 0 Å². The summed E-state index contributed by atoms with van der Waals surface area (Å²) in [5, 5.41) is 4.49. The summed E-state index contributed by atoms with van der Waals surface area (Å²) in [7, 11) is -4.94. The van der Waals surface area contributed by atoms with Crippen LogP contribution in [0.3, 0.4) is 0 Å². The summed E-state index contributed by atoms with van der Waals surface area (Å²) < 4.78 is 41.2. The molecule has 3 aromatic rings. The molecule has 0 fully saturated rings. The van der Waals surface area contributed by atoms with Crippen molar-refractivity contribution in [1.29, 1.82) is 0 Å². The van der Waals surface area contributed by atoms with Crippen molar-refractivity contribution in [1.82, 2.24) is 5.10 Å². The van der Waals surface area contributed by atoms with E-state index in [4.69, 9.17) is 23.1 Å². The van der Waals surface area contributed by atoms with Crippen LogP contribution in [-0.4, -0.2) is 5.10 Å². The molecule has 2 aromatic heterocycles. The standard InChI is InChI=1S/C13H11N2O.ClHO4/c1-10-9-15-13(16-10)8-7-12(14-15)11-5-3-2-4-6-11;2-1(3,4)5/h2-9H,1H3;(H,2,3,4,5)/q+1;/p-1. The zero-order valence-corrected chi connectivity index (χ0v) is 11.7. The fourth-order valence-corrected chi connectivity index (χ4v) is 1.72. The molecule has 0 radical (unpaired) electrons. The zero-order valence-electron chi connectivity index (χ0n) is 10.9. The largest absolute Gasteiger partial charge is 0.404 e. The second-order valence-corrected chi connectivity index (χ2v) is 4.84. The fraction of sp³-hybridized carbons (Fsp3) is 0.0769. The van der Waals surface area contributed by atoms with Crippen LogP contribution in [-0.2, 0) is 0 Å². The Kier molecular flexibility index (Phi) is 4.51. The molecular weight excluding hydrogens is 300 g/mol. The molecule has 8 heteroatoms. The van der Waals surface area contributed by atoms with E-state index in [-0.39, 0.29) is 0 Å². The third kappa shape index (κ3) is 4.78. The van der Waals surface area contributed by atoms with E-state index in [0.29, 0.717) is 0 Å². The Bertz CT molecular complexity index is 718. The Hall–Kier alpha value is -2.03. The van der Waals surface area contributed by atoms with Crippen molar-refractivity contribution in [2.45, 2.75) is 6.92 Å². The molecule has 21 heavy (non-hydrogen) atoms. The normalized spacial score (nSPS) is 11.1. The number of halogens is 1. The van der Waals surface area contributed by atoms with Crippen LogP contribution >= 0.6 is 0 Å². The molecule has 0 aliphatic rings. The summed E-state index contributed by atoms with van der Waals surface area (Å²) in [6.45, 7) is 1.91. The Morgan fingerprint density at radius 2 is 1.62 bits per heavy atom. The minimum absolute atomic E-state index is 0.761. The zero-order chi connectivity index (χ0) is 15.5. The maximum absolute atomic E-state index is 8.49. The van der Waals surface area contributed by atoms with Gasteiger partial charge in [-0.2, -0.15) is 0 Å². The second kappa shape index (κ2) is 6.17. The van der Waals surface area contributed by atoms with Gasteiger partial charge >= 0.3 is 5.71 Å². The van der Waals surface area contributed by atoms with E-state index in [1.165, 1.54) is 0 Å². The molecule has 0 saturated carbocycles. The highest BCUT2D eigenvalue weighted by Gasteiger charge is 2.12. The van der Waals surface area contributed by atoms with Crippen LogP contribution in [0.1, 0.15) is 5.76 Å². The van der Waals surface area contributed by atoms with Crippen LogP contribution in [0.4, 0.5) is 0 Å². The lowest BCUT2D eigenvalue weighted by Crippen LogP contribution is -2.68. The van der Waals surface area contributed by atoms with Gasteiger partial charge in [-0.3, -0.25) is 0 Å². The average molecular weight is 311 g/mol. The molecule has 0 unspecified atom stereocenters. The van der Waals surface area contributed by atoms with Crippen molar-refractivity contribution in [3.05, 3.63) is 54.4 Å². The van der Waals surface area contributed by atoms with Gasteiger partial charge in [-0.1, -0.05) is 30.3 Å². The lowest BCUT2D eigenvalue weighted by atomic mass is 10.1. The van der Waals surface area contributed by atoms with Gasteiger partial charge in [0, 0.05) is 17.6 Å². The van der Waals surface area contributed by atoms with Crippen molar-refractivity contribution in [3.63, 3.8) is 0 Å². The number of rotatable bonds is 1. The average Bonchev–Trinajstić information content (AvgIpc) is 2.77. The molecule has 3 rings (SSSR count). The first kappa shape index (κ1) is 15.4. The minimum Gasteiger partial charge on any atom is -0.402 e. The highest BCUT2D eigenvalue weighted by molar-refractivity contribution is 5.58. The topological polar surface area (TPSA) is 122 Å². The summed E-state index contributed by atoms with van der Waals surface area (Å²) in [6, 6.07) is 14.0. The van der Waals surface area contributed by atoms with Crippen molar-refractivity contribution >= 4 is 5.71 Å². The molecule has 1 aromatic carbocycles. The monoisotopic (exact) mass is 310 g/mol. The molecule has 7 nitrogen and oxygen atoms in total. The number of hydrogen-bond acceptors (Lipinski definition) is 6. The highest BCUT2D eigenvalue weighted by atomic mass is 35.7. The summed E-state index contributed by atoms with van der Waals surface area (Å²) in [6.07, 6.45) is 1.88. The summed E-state index contributed by atoms with van der Waals surface area (Å²) in [5.41, 5.74) is 2.81. The van der Waals surface area contributed by atoms with E-state index >= 15 is 0 Å². The van der Waals surface area contributed by atoms with Gasteiger partial charge in [-0.05, 0) is 10.6 Å². The lowest BCUT2D eigenvalue weighted by Gasteiger charge is -2.17. The molecule has 2 heterocycles. The fourth-order valence-electron chi connectivity index (χ4n) is 1.72. The lowest BCUT2D eigenvalue weighted by molar-refractivity contribution is -2.00. The van der Waals surface area contributed by atoms with Crippen molar-refractivity contribution in [2.24, 2.45) is 0 Å². The minimum atomic E-state index is -4.94. The van der Waals surface area contributed by atoms with E-state index in [1.807, 2.05) is 55.6 Å². The Balaban J connectivity index is 0.000000282. The van der Waals surface area contributed by atoms with Gasteiger partial charge in [0.05, 0.1) is 6.07 Å². The SMILES string of the molecule is Cc1c[n+]2nc(-c3ccccc3)ccc2o1.[O-][Cl+3]([O-])([O-])[O-]. The van der Waals surface area contributed by atoms with E-state index in [1.54, 1.807) is 4.52 Å². The quantitative estimate of drug-likeness (QED) is 0.463. The third-order valence-electron chi connectivity index (χ3n) is 2.46. The van der Waals surface area contributed by atoms with Gasteiger partial charge in [0.25, 0.3) is 0 Å². The maximum atomic E-state index is 8.49. The van der Waals surface area contributed by atoms with Crippen molar-refractivity contribution in [2.75, 3.05) is 0 Å². The molecule has 0 aliphatic heterocycles. The molecule has 0 spiro atoms. The first-order chi connectivity index (χ1) is 9.83. The molecule has 0 amide bonds. The molecule has 0 bridgehead atoms. The third-order valence-corrected chi connectivity index (χ3v) is 2.46. The van der Waals surface area contributed by atoms with E-state index < -0.39 is 10.2 Å². The van der Waals surface area contributed by atoms with E-state index in [2.05, 4.69) is 5.10 Å². The smallest absolute Gasteiger partial charge is 0.402 e. The molecule has 0 N–H and O–H groups in total. The van der Waals surface area contributed by atoms with Crippen LogP contribution in [0, 0.1) is 17.2 Å². The van der Waals surface area contributed by atoms with E-state index in [0.717, 1.165) is 22.7 Å². The Labute approximate surface area is 122 Å². The van der Waals surface area contributed by atoms with Gasteiger partial charge in [-0.25, -0.2) is 18.6 Å². The number of aromatic nitrogens is 2. The number of oxazole rings is 1. The second-order valence-electron chi connectivity index (χ2n) is 4.09. The molecule has 110 valence electrons. The number of nitrogens with zero attached hydrogens (tertiary/aromatic N) is 2. The summed E-state index contributed by atoms with van der Waals surface area (Å²) >= 11 is 0. The molecular formula is C13H11ClN2O5. The van der Waals surface area contributed by atoms with Crippen LogP contribution in [0.15, 0.2) is 53.1 Å². The maximum Gasteiger partial charge on any atom is 0.404 e. The molecule has 0 aliphatic carbocycles. The molecule has 0 atom stereocenters. The van der Waals surface area contributed by atoms with Crippen LogP contribution in [0.25, 0.3) is 17.0 Å². The van der Waals surface area contributed by atoms with Gasteiger partial charge in [0.15, 0.2) is 5.76 Å². The van der Waals surface area contributed by atoms with Crippen molar-refractivity contribution < 1.29 is 37.8 Å². The molecule has 0 saturated heterocycles. The Morgan fingerprint density at radius 1 is 1.00 bits per heavy atom. The summed E-state index contributed by atoms with van der Waals surface area (Å²) in [4.78, 5) is 0. The van der Waals surface area contributed by atoms with Crippen LogP contribution in [0.5, 0.6) is 0 Å². The number of benzene rings is 1. The van der Waals surface area contributed by atoms with Gasteiger partial charge in [-0.15, -0.1) is 10.2 Å². The van der Waals surface area contributed by atoms with Gasteiger partial charge < -0.3 is 4.42 Å². The number of aryl methyl sites for hydroxylation is 1. The van der Waals surface area contributed by atoms with E-state index in [9.17, 15) is 0 Å².